The second kappa shape index (κ2) is 12.3. The van der Waals surface area contributed by atoms with E-state index in [0.29, 0.717) is 24.9 Å². The van der Waals surface area contributed by atoms with Crippen molar-refractivity contribution in [1.82, 2.24) is 25.2 Å². The van der Waals surface area contributed by atoms with Crippen molar-refractivity contribution in [3.63, 3.8) is 0 Å². The molecule has 4 heterocycles. The molecule has 0 radical (unpaired) electrons. The van der Waals surface area contributed by atoms with Gasteiger partial charge in [-0.25, -0.2) is 9.67 Å². The van der Waals surface area contributed by atoms with E-state index < -0.39 is 24.2 Å². The minimum Gasteiger partial charge on any atom is -0.400 e. The van der Waals surface area contributed by atoms with Crippen LogP contribution in [0.2, 0.25) is 0 Å². The Kier molecular flexibility index (Phi) is 8.96. The number of nitrogens with zero attached hydrogens (tertiary/aromatic N) is 5. The van der Waals surface area contributed by atoms with E-state index >= 15 is 0 Å². The van der Waals surface area contributed by atoms with Crippen LogP contribution in [0.25, 0.3) is 17.3 Å². The molecule has 1 amide bonds. The van der Waals surface area contributed by atoms with Gasteiger partial charge in [-0.1, -0.05) is 44.1 Å². The summed E-state index contributed by atoms with van der Waals surface area (Å²) in [6, 6.07) is 6.06. The number of benzene rings is 1. The lowest BCUT2D eigenvalue weighted by Gasteiger charge is -2.32. The lowest BCUT2D eigenvalue weighted by atomic mass is 9.78. The minimum atomic E-state index is -0.513. The number of aromatic nitrogens is 4. The van der Waals surface area contributed by atoms with Crippen molar-refractivity contribution in [2.75, 3.05) is 6.61 Å². The Morgan fingerprint density at radius 3 is 2.49 bits per heavy atom. The number of carbonyl (C=O) groups is 1. The molecule has 3 aromatic rings. The maximum absolute atomic E-state index is 12.8. The Balaban J connectivity index is 1.45. The lowest BCUT2D eigenvalue weighted by Crippen LogP contribution is -2.41. The first-order valence-electron chi connectivity index (χ1n) is 15.6. The van der Waals surface area contributed by atoms with Crippen molar-refractivity contribution in [3.05, 3.63) is 52.1 Å². The second-order valence-corrected chi connectivity index (χ2v) is 14.0. The molecule has 2 fully saturated rings. The van der Waals surface area contributed by atoms with Crippen LogP contribution in [-0.4, -0.2) is 57.5 Å². The summed E-state index contributed by atoms with van der Waals surface area (Å²) in [7, 11) is -0.513. The molecule has 0 saturated carbocycles. The molecule has 1 unspecified atom stereocenters. The second-order valence-electron chi connectivity index (χ2n) is 14.0. The van der Waals surface area contributed by atoms with Crippen molar-refractivity contribution in [1.29, 1.82) is 0 Å². The first-order chi connectivity index (χ1) is 21.1. The fraction of sp³-hybridized carbons (Fsp3) is 0.545. The Bertz CT molecular complexity index is 1590. The summed E-state index contributed by atoms with van der Waals surface area (Å²) < 4.78 is 25.9. The van der Waals surface area contributed by atoms with Gasteiger partial charge in [0.1, 0.15) is 5.69 Å². The molecule has 0 aliphatic carbocycles. The highest BCUT2D eigenvalue weighted by molar-refractivity contribution is 6.55. The number of rotatable bonds is 8. The molecule has 11 nitrogen and oxygen atoms in total. The lowest BCUT2D eigenvalue weighted by molar-refractivity contribution is -0.0381. The van der Waals surface area contributed by atoms with Crippen molar-refractivity contribution in [2.24, 2.45) is 4.99 Å². The first kappa shape index (κ1) is 32.8. The number of aliphatic imine (C=N–C) groups is 1. The van der Waals surface area contributed by atoms with Crippen LogP contribution < -0.4 is 5.32 Å². The van der Waals surface area contributed by atoms with E-state index in [1.54, 1.807) is 0 Å². The van der Waals surface area contributed by atoms with Gasteiger partial charge in [0, 0.05) is 29.7 Å². The number of amides is 1. The van der Waals surface area contributed by atoms with Crippen LogP contribution >= 0.6 is 0 Å². The Morgan fingerprint density at radius 2 is 1.91 bits per heavy atom. The molecule has 0 spiro atoms. The van der Waals surface area contributed by atoms with Crippen LogP contribution in [0, 0.1) is 6.92 Å². The molecule has 0 bridgehead atoms. The minimum absolute atomic E-state index is 0.0166. The molecular weight excluding hydrogens is 571 g/mol. The van der Waals surface area contributed by atoms with Crippen LogP contribution in [0.3, 0.4) is 0 Å². The van der Waals surface area contributed by atoms with Gasteiger partial charge in [0.05, 0.1) is 11.2 Å². The summed E-state index contributed by atoms with van der Waals surface area (Å²) in [5, 5.41) is 11.8. The van der Waals surface area contributed by atoms with Gasteiger partial charge in [-0.3, -0.25) is 4.79 Å². The summed E-state index contributed by atoms with van der Waals surface area (Å²) in [5.74, 6) is 0.675. The summed E-state index contributed by atoms with van der Waals surface area (Å²) in [5.41, 5.74) is 4.05. The van der Waals surface area contributed by atoms with Crippen LogP contribution in [-0.2, 0) is 26.0 Å². The number of allylic oxidation sites excluding steroid dienone is 1. The van der Waals surface area contributed by atoms with Crippen molar-refractivity contribution in [2.45, 2.75) is 111 Å². The average molecular weight is 617 g/mol. The average Bonchev–Trinajstić information content (AvgIpc) is 3.67. The number of carbonyl (C=O) groups excluding carboxylic acids is 1. The number of hydrogen-bond donors (Lipinski definition) is 1. The van der Waals surface area contributed by atoms with E-state index in [1.807, 2.05) is 85.2 Å². The smallest absolute Gasteiger partial charge is 0.400 e. The van der Waals surface area contributed by atoms with E-state index in [0.717, 1.165) is 52.7 Å². The molecule has 240 valence electrons. The molecule has 1 atom stereocenters. The van der Waals surface area contributed by atoms with Gasteiger partial charge >= 0.3 is 7.12 Å². The highest BCUT2D eigenvalue weighted by atomic mass is 16.7. The van der Waals surface area contributed by atoms with Crippen LogP contribution in [0.4, 0.5) is 5.82 Å². The molecule has 12 heteroatoms. The van der Waals surface area contributed by atoms with Gasteiger partial charge in [-0.2, -0.15) is 10.1 Å². The molecule has 2 aromatic heterocycles. The zero-order valence-corrected chi connectivity index (χ0v) is 28.0. The van der Waals surface area contributed by atoms with E-state index in [-0.39, 0.29) is 17.5 Å². The van der Waals surface area contributed by atoms with Crippen LogP contribution in [0.1, 0.15) is 114 Å². The molecule has 5 rings (SSSR count). The highest BCUT2D eigenvalue weighted by Crippen LogP contribution is 2.41. The van der Waals surface area contributed by atoms with Gasteiger partial charge < -0.3 is 23.9 Å². The van der Waals surface area contributed by atoms with Crippen molar-refractivity contribution in [3.8, 4) is 11.3 Å². The van der Waals surface area contributed by atoms with Crippen molar-refractivity contribution >= 4 is 31.6 Å². The normalized spacial score (nSPS) is 20.0. The Morgan fingerprint density at radius 1 is 1.20 bits per heavy atom. The summed E-state index contributed by atoms with van der Waals surface area (Å²) in [6.07, 6.45) is 4.73. The topological polar surface area (TPSA) is 126 Å². The largest absolute Gasteiger partial charge is 0.490 e. The predicted octanol–water partition coefficient (Wildman–Crippen LogP) is 6.53. The molecular formula is C33H45BN6O5. The Hall–Kier alpha value is -3.61. The fourth-order valence-corrected chi connectivity index (χ4v) is 5.30. The predicted molar refractivity (Wildman–Crippen MR) is 174 cm³/mol. The summed E-state index contributed by atoms with van der Waals surface area (Å²) in [4.78, 5) is 21.5. The van der Waals surface area contributed by atoms with Crippen molar-refractivity contribution < 1.29 is 23.4 Å². The molecule has 45 heavy (non-hydrogen) atoms. The molecule has 2 aliphatic rings. The van der Waals surface area contributed by atoms with Gasteiger partial charge in [0.25, 0.3) is 11.7 Å². The number of nitrogens with one attached hydrogen (secondary N) is 1. The maximum Gasteiger partial charge on any atom is 0.490 e. The zero-order valence-electron chi connectivity index (χ0n) is 28.0. The van der Waals surface area contributed by atoms with E-state index in [9.17, 15) is 4.79 Å². The zero-order chi connectivity index (χ0) is 32.7. The highest BCUT2D eigenvalue weighted by Gasteiger charge is 2.51. The van der Waals surface area contributed by atoms with Gasteiger partial charge in [0.2, 0.25) is 5.89 Å². The van der Waals surface area contributed by atoms with E-state index in [1.165, 1.54) is 0 Å². The SMILES string of the molecule is C=Nc1c(/C=C(\C)B2OC(C)(C)C(C)(C)O2)c(-c2ccc(CNC(=O)c3noc(C(C)(C)C)n3)c(C)c2)nn1C1CCCCO1. The number of hydrogen-bond acceptors (Lipinski definition) is 9. The number of ether oxygens (including phenoxy) is 1. The molecule has 1 aromatic carbocycles. The first-order valence-corrected chi connectivity index (χ1v) is 15.6. The van der Waals surface area contributed by atoms with Gasteiger partial charge in [0.15, 0.2) is 12.0 Å². The molecule has 1 N–H and O–H groups in total. The molecule has 2 aliphatic heterocycles. The van der Waals surface area contributed by atoms with Gasteiger partial charge in [-0.05, 0) is 90.2 Å². The third kappa shape index (κ3) is 6.68. The number of aryl methyl sites for hydroxylation is 1. The monoisotopic (exact) mass is 616 g/mol. The van der Waals surface area contributed by atoms with Gasteiger partial charge in [-0.15, -0.1) is 0 Å². The van der Waals surface area contributed by atoms with Crippen LogP contribution in [0.5, 0.6) is 0 Å². The Labute approximate surface area is 266 Å². The summed E-state index contributed by atoms with van der Waals surface area (Å²) >= 11 is 0. The van der Waals surface area contributed by atoms with Crippen LogP contribution in [0.15, 0.2) is 33.2 Å². The quantitative estimate of drug-likeness (QED) is 0.224. The third-order valence-corrected chi connectivity index (χ3v) is 8.82. The third-order valence-electron chi connectivity index (χ3n) is 8.82. The molecule has 2 saturated heterocycles. The summed E-state index contributed by atoms with van der Waals surface area (Å²) in [6.45, 7) is 22.9. The fourth-order valence-electron chi connectivity index (χ4n) is 5.30. The standard InChI is InChI=1S/C33H45BN6O5/c1-20-17-22(14-15-23(20)19-36-29(41)27-37-30(43-39-27)31(3,4)5)26-24(18-21(2)34-44-32(6,7)33(8,9)45-34)28(35-10)40(38-26)25-13-11-12-16-42-25/h14-15,17-18,25H,10-13,16,19H2,1-9H3,(H,36,41)/b21-18+. The van der Waals surface area contributed by atoms with E-state index in [4.69, 9.17) is 23.7 Å². The van der Waals surface area contributed by atoms with E-state index in [2.05, 4.69) is 33.2 Å². The maximum atomic E-state index is 12.8.